The van der Waals surface area contributed by atoms with Gasteiger partial charge in [0.05, 0.1) is 0 Å². The summed E-state index contributed by atoms with van der Waals surface area (Å²) in [6.45, 7) is 5.58. The van der Waals surface area contributed by atoms with Crippen LogP contribution in [0.4, 0.5) is 0 Å². The molecule has 0 atom stereocenters. The quantitative estimate of drug-likeness (QED) is 0.219. The summed E-state index contributed by atoms with van der Waals surface area (Å²) in [5.41, 5.74) is 1.00. The van der Waals surface area contributed by atoms with Crippen molar-refractivity contribution in [2.24, 2.45) is 0 Å². The molecule has 142 valence electrons. The molecule has 0 bridgehead atoms. The zero-order valence-electron chi connectivity index (χ0n) is 15.0. The van der Waals surface area contributed by atoms with Gasteiger partial charge < -0.3 is 9.15 Å². The van der Waals surface area contributed by atoms with Crippen molar-refractivity contribution in [3.8, 4) is 5.75 Å². The van der Waals surface area contributed by atoms with E-state index >= 15 is 0 Å². The minimum atomic E-state index is -0.543. The van der Waals surface area contributed by atoms with Crippen LogP contribution in [0.1, 0.15) is 21.5 Å². The van der Waals surface area contributed by atoms with Gasteiger partial charge in [-0.3, -0.25) is 4.79 Å². The number of allylic oxidation sites excluding steroid dienone is 1. The SMILES string of the molecule is C=CCOc1ccc2c(C)cc(=O)oc2c1C(=O)/C=C/c1c(Cl)cccc1Cl. The Labute approximate surface area is 171 Å². The number of carbonyl (C=O) groups is 1. The van der Waals surface area contributed by atoms with Crippen molar-refractivity contribution in [1.82, 2.24) is 0 Å². The first-order chi connectivity index (χ1) is 13.4. The number of ether oxygens (including phenoxy) is 1. The van der Waals surface area contributed by atoms with Crippen LogP contribution in [0, 0.1) is 6.92 Å². The van der Waals surface area contributed by atoms with Gasteiger partial charge in [0.1, 0.15) is 17.9 Å². The van der Waals surface area contributed by atoms with Gasteiger partial charge in [0.15, 0.2) is 11.4 Å². The monoisotopic (exact) mass is 414 g/mol. The van der Waals surface area contributed by atoms with Crippen LogP contribution in [0.5, 0.6) is 5.75 Å². The van der Waals surface area contributed by atoms with Crippen molar-refractivity contribution in [3.05, 3.63) is 92.3 Å². The van der Waals surface area contributed by atoms with E-state index in [1.54, 1.807) is 43.3 Å². The molecule has 0 saturated heterocycles. The number of ketones is 1. The van der Waals surface area contributed by atoms with Crippen LogP contribution in [0.25, 0.3) is 17.0 Å². The molecule has 1 aromatic heterocycles. The predicted octanol–water partition coefficient (Wildman–Crippen LogP) is 5.87. The van der Waals surface area contributed by atoms with E-state index in [0.29, 0.717) is 32.3 Å². The smallest absolute Gasteiger partial charge is 0.336 e. The first-order valence-corrected chi connectivity index (χ1v) is 9.15. The molecule has 0 radical (unpaired) electrons. The van der Waals surface area contributed by atoms with Crippen molar-refractivity contribution < 1.29 is 13.9 Å². The maximum absolute atomic E-state index is 13.0. The zero-order chi connectivity index (χ0) is 20.3. The van der Waals surface area contributed by atoms with Crippen LogP contribution in [-0.2, 0) is 0 Å². The number of halogens is 2. The highest BCUT2D eigenvalue weighted by Crippen LogP contribution is 2.31. The molecule has 0 amide bonds. The molecular formula is C22H16Cl2O4. The molecule has 6 heteroatoms. The molecule has 0 spiro atoms. The molecule has 0 unspecified atom stereocenters. The van der Waals surface area contributed by atoms with Crippen LogP contribution in [-0.4, -0.2) is 12.4 Å². The molecule has 3 aromatic rings. The molecule has 0 fully saturated rings. The summed E-state index contributed by atoms with van der Waals surface area (Å²) >= 11 is 12.3. The third-order valence-corrected chi connectivity index (χ3v) is 4.74. The Morgan fingerprint density at radius 2 is 1.93 bits per heavy atom. The molecule has 4 nitrogen and oxygen atoms in total. The average Bonchev–Trinajstić information content (AvgIpc) is 2.65. The largest absolute Gasteiger partial charge is 0.489 e. The Hall–Kier alpha value is -2.82. The first-order valence-electron chi connectivity index (χ1n) is 8.40. The van der Waals surface area contributed by atoms with Gasteiger partial charge in [-0.1, -0.05) is 41.9 Å². The second-order valence-corrected chi connectivity index (χ2v) is 6.81. The van der Waals surface area contributed by atoms with Gasteiger partial charge in [-0.15, -0.1) is 0 Å². The van der Waals surface area contributed by atoms with Crippen LogP contribution in [0.15, 0.2) is 64.3 Å². The van der Waals surface area contributed by atoms with E-state index in [9.17, 15) is 9.59 Å². The van der Waals surface area contributed by atoms with E-state index in [2.05, 4.69) is 6.58 Å². The van der Waals surface area contributed by atoms with Crippen LogP contribution >= 0.6 is 23.2 Å². The number of hydrogen-bond donors (Lipinski definition) is 0. The Morgan fingerprint density at radius 3 is 2.61 bits per heavy atom. The number of aryl methyl sites for hydroxylation is 1. The van der Waals surface area contributed by atoms with Gasteiger partial charge in [0.25, 0.3) is 0 Å². The fourth-order valence-corrected chi connectivity index (χ4v) is 3.30. The third-order valence-electron chi connectivity index (χ3n) is 4.09. The maximum atomic E-state index is 13.0. The van der Waals surface area contributed by atoms with Crippen molar-refractivity contribution in [3.63, 3.8) is 0 Å². The van der Waals surface area contributed by atoms with Crippen LogP contribution < -0.4 is 10.4 Å². The van der Waals surface area contributed by atoms with Gasteiger partial charge >= 0.3 is 5.63 Å². The lowest BCUT2D eigenvalue weighted by Crippen LogP contribution is -2.06. The lowest BCUT2D eigenvalue weighted by atomic mass is 10.0. The highest BCUT2D eigenvalue weighted by atomic mass is 35.5. The van der Waals surface area contributed by atoms with E-state index < -0.39 is 11.4 Å². The Morgan fingerprint density at radius 1 is 1.21 bits per heavy atom. The minimum absolute atomic E-state index is 0.152. The molecule has 1 heterocycles. The molecular weight excluding hydrogens is 399 g/mol. The van der Waals surface area contributed by atoms with E-state index in [1.165, 1.54) is 18.2 Å². The summed E-state index contributed by atoms with van der Waals surface area (Å²) in [4.78, 5) is 24.9. The number of carbonyl (C=O) groups excluding carboxylic acids is 1. The van der Waals surface area contributed by atoms with Crippen molar-refractivity contribution in [2.75, 3.05) is 6.61 Å². The number of rotatable bonds is 6. The molecule has 0 aliphatic carbocycles. The molecule has 0 aliphatic heterocycles. The molecule has 0 saturated carbocycles. The number of fused-ring (bicyclic) bond motifs is 1. The van der Waals surface area contributed by atoms with Gasteiger partial charge in [-0.05, 0) is 48.9 Å². The molecule has 3 rings (SSSR count). The predicted molar refractivity (Wildman–Crippen MR) is 113 cm³/mol. The lowest BCUT2D eigenvalue weighted by molar-refractivity contribution is 0.104. The second kappa shape index (κ2) is 8.46. The van der Waals surface area contributed by atoms with Gasteiger partial charge in [0.2, 0.25) is 0 Å². The van der Waals surface area contributed by atoms with Crippen LogP contribution in [0.3, 0.4) is 0 Å². The second-order valence-electron chi connectivity index (χ2n) is 6.00. The van der Waals surface area contributed by atoms with Gasteiger partial charge in [-0.25, -0.2) is 4.79 Å². The maximum Gasteiger partial charge on any atom is 0.336 e. The number of hydrogen-bond acceptors (Lipinski definition) is 4. The summed E-state index contributed by atoms with van der Waals surface area (Å²) < 4.78 is 11.0. The summed E-state index contributed by atoms with van der Waals surface area (Å²) in [7, 11) is 0. The summed E-state index contributed by atoms with van der Waals surface area (Å²) in [6, 6.07) is 9.86. The van der Waals surface area contributed by atoms with E-state index in [4.69, 9.17) is 32.4 Å². The average molecular weight is 415 g/mol. The molecule has 0 N–H and O–H groups in total. The molecule has 2 aromatic carbocycles. The topological polar surface area (TPSA) is 56.5 Å². The molecule has 0 aliphatic rings. The third kappa shape index (κ3) is 4.03. The molecule has 28 heavy (non-hydrogen) atoms. The zero-order valence-corrected chi connectivity index (χ0v) is 16.5. The standard InChI is InChI=1S/C22H16Cl2O4/c1-3-11-27-19-10-8-14-13(2)12-20(26)28-22(14)21(19)18(25)9-7-15-16(23)5-4-6-17(15)24/h3-10,12H,1,11H2,2H3/b9-7+. The fraction of sp³-hybridized carbons (Fsp3) is 0.0909. The van der Waals surface area contributed by atoms with Gasteiger partial charge in [-0.2, -0.15) is 0 Å². The van der Waals surface area contributed by atoms with Crippen molar-refractivity contribution >= 4 is 46.0 Å². The summed E-state index contributed by atoms with van der Waals surface area (Å²) in [6.07, 6.45) is 4.41. The minimum Gasteiger partial charge on any atom is -0.489 e. The lowest BCUT2D eigenvalue weighted by Gasteiger charge is -2.11. The first kappa shape index (κ1) is 19.9. The van der Waals surface area contributed by atoms with E-state index in [1.807, 2.05) is 0 Å². The highest BCUT2D eigenvalue weighted by Gasteiger charge is 2.19. The van der Waals surface area contributed by atoms with Crippen LogP contribution in [0.2, 0.25) is 10.0 Å². The van der Waals surface area contributed by atoms with E-state index in [-0.39, 0.29) is 17.8 Å². The van der Waals surface area contributed by atoms with Crippen molar-refractivity contribution in [2.45, 2.75) is 6.92 Å². The fourth-order valence-electron chi connectivity index (χ4n) is 2.78. The number of benzene rings is 2. The summed E-state index contributed by atoms with van der Waals surface area (Å²) in [5.74, 6) is -0.115. The van der Waals surface area contributed by atoms with Gasteiger partial charge in [0, 0.05) is 27.1 Å². The van der Waals surface area contributed by atoms with E-state index in [0.717, 1.165) is 0 Å². The normalized spacial score (nSPS) is 11.1. The Kier molecular flexibility index (Phi) is 6.02. The highest BCUT2D eigenvalue weighted by molar-refractivity contribution is 6.37. The van der Waals surface area contributed by atoms with Crippen molar-refractivity contribution in [1.29, 1.82) is 0 Å². The summed E-state index contributed by atoms with van der Waals surface area (Å²) in [5, 5.41) is 1.48. The Balaban J connectivity index is 2.16. The Bertz CT molecular complexity index is 1140.